The highest BCUT2D eigenvalue weighted by atomic mass is 35.5. The number of ketones is 1. The number of rotatable bonds is 8. The lowest BCUT2D eigenvalue weighted by atomic mass is 9.59. The summed E-state index contributed by atoms with van der Waals surface area (Å²) in [6.45, 7) is 15.8. The molecule has 0 bridgehead atoms. The average molecular weight is 539 g/mol. The third kappa shape index (κ3) is 4.90. The van der Waals surface area contributed by atoms with Gasteiger partial charge in [0.15, 0.2) is 5.78 Å². The number of nitrogens with one attached hydrogen (secondary N) is 1. The van der Waals surface area contributed by atoms with Crippen molar-refractivity contribution in [1.82, 2.24) is 15.0 Å². The Hall–Kier alpha value is -2.10. The van der Waals surface area contributed by atoms with Gasteiger partial charge in [0.2, 0.25) is 5.28 Å². The van der Waals surface area contributed by atoms with E-state index in [0.717, 1.165) is 48.8 Å². The van der Waals surface area contributed by atoms with Crippen LogP contribution in [-0.2, 0) is 11.2 Å². The summed E-state index contributed by atoms with van der Waals surface area (Å²) in [7, 11) is 2.91. The number of carbonyl (C=O) groups excluding carboxylic acids is 1. The molecular formula is C30H40ClN4OP. The van der Waals surface area contributed by atoms with E-state index < -0.39 is 0 Å². The van der Waals surface area contributed by atoms with E-state index in [2.05, 4.69) is 73.0 Å². The van der Waals surface area contributed by atoms with Crippen LogP contribution in [0.1, 0.15) is 85.3 Å². The first-order chi connectivity index (χ1) is 17.6. The molecule has 4 rings (SSSR count). The maximum absolute atomic E-state index is 14.1. The van der Waals surface area contributed by atoms with Crippen LogP contribution < -0.4 is 10.6 Å². The van der Waals surface area contributed by atoms with Gasteiger partial charge in [-0.1, -0.05) is 48.5 Å². The average Bonchev–Trinajstić information content (AvgIpc) is 2.90. The molecule has 0 radical (unpaired) electrons. The second-order valence-corrected chi connectivity index (χ2v) is 11.9. The smallest absolute Gasteiger partial charge is 0.224 e. The minimum atomic E-state index is 0.00590. The quantitative estimate of drug-likeness (QED) is 0.278. The number of nitrogens with zero attached hydrogens (tertiary/aromatic N) is 3. The molecule has 2 heterocycles. The molecule has 198 valence electrons. The zero-order chi connectivity index (χ0) is 27.1. The highest BCUT2D eigenvalue weighted by Crippen LogP contribution is 2.54. The van der Waals surface area contributed by atoms with Crippen LogP contribution in [0.15, 0.2) is 35.2 Å². The van der Waals surface area contributed by atoms with Crippen LogP contribution in [0.5, 0.6) is 0 Å². The first kappa shape index (κ1) is 27.9. The maximum atomic E-state index is 14.1. The molecule has 4 unspecified atom stereocenters. The van der Waals surface area contributed by atoms with Crippen LogP contribution in [0.3, 0.4) is 0 Å². The Morgan fingerprint density at radius 2 is 1.89 bits per heavy atom. The Balaban J connectivity index is 1.96. The van der Waals surface area contributed by atoms with E-state index in [1.54, 1.807) is 12.3 Å². The van der Waals surface area contributed by atoms with E-state index in [0.29, 0.717) is 11.6 Å². The SMILES string of the molecule is CCC(C)C(=O)C1=C(C(C)(CC)CC)C(C)C(C)C2=C1CCc1cnc(Nc3ccnc(Cl)n3)c(P)c12. The van der Waals surface area contributed by atoms with Crippen molar-refractivity contribution >= 4 is 49.1 Å². The standard InChI is InChI=1S/C30H40ClN4OP/c1-8-16(4)26(36)24-20-12-11-19-15-33-28(34-21-13-14-32-29(31)35-21)27(37)23(19)22(20)17(5)18(6)25(24)30(7,9-2)10-3/h13-18H,8-12,37H2,1-7H3,(H,32,33,34,35). The Morgan fingerprint density at radius 1 is 1.19 bits per heavy atom. The Labute approximate surface area is 229 Å². The topological polar surface area (TPSA) is 67.8 Å². The van der Waals surface area contributed by atoms with Crippen molar-refractivity contribution in [2.45, 2.75) is 80.6 Å². The Kier molecular flexibility index (Phi) is 8.26. The molecule has 1 N–H and O–H groups in total. The lowest BCUT2D eigenvalue weighted by Crippen LogP contribution is -2.36. The van der Waals surface area contributed by atoms with Crippen LogP contribution in [0.4, 0.5) is 11.6 Å². The minimum Gasteiger partial charge on any atom is -0.324 e. The van der Waals surface area contributed by atoms with Crippen molar-refractivity contribution in [3.63, 3.8) is 0 Å². The molecule has 0 fully saturated rings. The number of fused-ring (bicyclic) bond motifs is 2. The number of halogens is 1. The van der Waals surface area contributed by atoms with E-state index in [1.807, 2.05) is 6.20 Å². The van der Waals surface area contributed by atoms with Gasteiger partial charge >= 0.3 is 0 Å². The lowest BCUT2D eigenvalue weighted by molar-refractivity contribution is -0.118. The number of aryl methyl sites for hydroxylation is 1. The van der Waals surface area contributed by atoms with Gasteiger partial charge < -0.3 is 5.32 Å². The van der Waals surface area contributed by atoms with Gasteiger partial charge in [-0.15, -0.1) is 9.24 Å². The summed E-state index contributed by atoms with van der Waals surface area (Å²) in [5.41, 5.74) is 7.45. The second kappa shape index (κ2) is 10.9. The van der Waals surface area contributed by atoms with Crippen molar-refractivity contribution < 1.29 is 4.79 Å². The zero-order valence-electron chi connectivity index (χ0n) is 23.2. The summed E-state index contributed by atoms with van der Waals surface area (Å²) in [6, 6.07) is 1.78. The van der Waals surface area contributed by atoms with Crippen LogP contribution in [-0.4, -0.2) is 20.7 Å². The highest BCUT2D eigenvalue weighted by Gasteiger charge is 2.44. The number of aromatic nitrogens is 3. The fourth-order valence-electron chi connectivity index (χ4n) is 6.09. The minimum absolute atomic E-state index is 0.00590. The normalized spacial score (nSPS) is 20.5. The summed E-state index contributed by atoms with van der Waals surface area (Å²) in [6.07, 6.45) is 8.27. The fraction of sp³-hybridized carbons (Fsp3) is 0.533. The molecule has 0 aliphatic heterocycles. The molecule has 5 nitrogen and oxygen atoms in total. The van der Waals surface area contributed by atoms with E-state index in [9.17, 15) is 4.79 Å². The van der Waals surface area contributed by atoms with Crippen molar-refractivity contribution in [1.29, 1.82) is 0 Å². The molecule has 0 aromatic carbocycles. The van der Waals surface area contributed by atoms with Gasteiger partial charge in [-0.05, 0) is 94.9 Å². The summed E-state index contributed by atoms with van der Waals surface area (Å²) in [4.78, 5) is 27.1. The number of hydrogen-bond donors (Lipinski definition) is 1. The van der Waals surface area contributed by atoms with E-state index >= 15 is 0 Å². The summed E-state index contributed by atoms with van der Waals surface area (Å²) in [5.74, 6) is 2.21. The van der Waals surface area contributed by atoms with Gasteiger partial charge in [-0.25, -0.2) is 15.0 Å². The molecular weight excluding hydrogens is 499 g/mol. The van der Waals surface area contributed by atoms with Crippen molar-refractivity contribution in [3.05, 3.63) is 51.6 Å². The monoisotopic (exact) mass is 538 g/mol. The van der Waals surface area contributed by atoms with Gasteiger partial charge in [0, 0.05) is 29.2 Å². The third-order valence-electron chi connectivity index (χ3n) is 9.06. The van der Waals surface area contributed by atoms with Gasteiger partial charge in [0.25, 0.3) is 0 Å². The number of carbonyl (C=O) groups is 1. The maximum Gasteiger partial charge on any atom is 0.224 e. The molecule has 2 aliphatic carbocycles. The molecule has 7 heteroatoms. The predicted molar refractivity (Wildman–Crippen MR) is 158 cm³/mol. The van der Waals surface area contributed by atoms with Crippen LogP contribution in [0.2, 0.25) is 5.28 Å². The van der Waals surface area contributed by atoms with E-state index in [4.69, 9.17) is 16.6 Å². The van der Waals surface area contributed by atoms with Crippen LogP contribution in [0.25, 0.3) is 5.57 Å². The summed E-state index contributed by atoms with van der Waals surface area (Å²) < 4.78 is 0. The van der Waals surface area contributed by atoms with Gasteiger partial charge in [-0.2, -0.15) is 0 Å². The van der Waals surface area contributed by atoms with Crippen molar-refractivity contribution in [2.75, 3.05) is 5.32 Å². The van der Waals surface area contributed by atoms with Crippen molar-refractivity contribution in [2.24, 2.45) is 23.2 Å². The van der Waals surface area contributed by atoms with Crippen molar-refractivity contribution in [3.8, 4) is 0 Å². The molecule has 0 saturated carbocycles. The lowest BCUT2D eigenvalue weighted by Gasteiger charge is -2.45. The molecule has 4 atom stereocenters. The molecule has 37 heavy (non-hydrogen) atoms. The number of allylic oxidation sites excluding steroid dienone is 4. The predicted octanol–water partition coefficient (Wildman–Crippen LogP) is 7.49. The number of hydrogen-bond acceptors (Lipinski definition) is 5. The highest BCUT2D eigenvalue weighted by molar-refractivity contribution is 7.28. The zero-order valence-corrected chi connectivity index (χ0v) is 25.1. The number of anilines is 2. The van der Waals surface area contributed by atoms with Gasteiger partial charge in [-0.3, -0.25) is 4.79 Å². The van der Waals surface area contributed by atoms with E-state index in [-0.39, 0.29) is 28.5 Å². The molecule has 2 aliphatic rings. The summed E-state index contributed by atoms with van der Waals surface area (Å²) >= 11 is 6.02. The molecule has 2 aromatic rings. The Morgan fingerprint density at radius 3 is 2.51 bits per heavy atom. The van der Waals surface area contributed by atoms with Gasteiger partial charge in [0.1, 0.15) is 11.6 Å². The first-order valence-electron chi connectivity index (χ1n) is 13.6. The third-order valence-corrected chi connectivity index (χ3v) is 9.80. The molecule has 0 spiro atoms. The molecule has 2 aromatic heterocycles. The number of pyridine rings is 1. The number of Topliss-reactive ketones (excluding diaryl/α,β-unsaturated/α-hetero) is 1. The fourth-order valence-corrected chi connectivity index (χ4v) is 6.73. The van der Waals surface area contributed by atoms with E-state index in [1.165, 1.54) is 27.8 Å². The molecule has 0 amide bonds. The second-order valence-electron chi connectivity index (χ2n) is 11.0. The first-order valence-corrected chi connectivity index (χ1v) is 14.6. The summed E-state index contributed by atoms with van der Waals surface area (Å²) in [5, 5.41) is 4.52. The van der Waals surface area contributed by atoms with Crippen LogP contribution in [0, 0.1) is 23.2 Å². The van der Waals surface area contributed by atoms with Crippen LogP contribution >= 0.6 is 20.8 Å². The largest absolute Gasteiger partial charge is 0.324 e. The Bertz CT molecular complexity index is 1280. The molecule has 0 saturated heterocycles. The van der Waals surface area contributed by atoms with Gasteiger partial charge in [0.05, 0.1) is 0 Å².